The number of nitrogens with zero attached hydrogens (tertiary/aromatic N) is 1. The first kappa shape index (κ1) is 36.5. The molecular formula is C33H42N2O10S2. The molecule has 4 rings (SSSR count). The molecule has 0 aromatic heterocycles. The highest BCUT2D eigenvalue weighted by atomic mass is 32.2. The predicted octanol–water partition coefficient (Wildman–Crippen LogP) is 1.99. The van der Waals surface area contributed by atoms with E-state index in [4.69, 9.17) is 24.4 Å². The van der Waals surface area contributed by atoms with Gasteiger partial charge in [0.1, 0.15) is 16.4 Å². The Morgan fingerprint density at radius 3 is 2.06 bits per heavy atom. The zero-order valence-electron chi connectivity index (χ0n) is 26.5. The average molecular weight is 691 g/mol. The van der Waals surface area contributed by atoms with E-state index in [0.717, 1.165) is 24.8 Å². The van der Waals surface area contributed by atoms with E-state index < -0.39 is 31.1 Å². The molecular weight excluding hydrogens is 649 g/mol. The number of aliphatic hydroxyl groups is 2. The Bertz CT molecular complexity index is 1870. The normalized spacial score (nSPS) is 12.9. The molecule has 0 atom stereocenters. The molecule has 0 saturated heterocycles. The maximum atomic E-state index is 13.6. The largest absolute Gasteiger partial charge is 0.456 e. The summed E-state index contributed by atoms with van der Waals surface area (Å²) in [7, 11) is -9.25. The molecule has 0 bridgehead atoms. The molecule has 12 nitrogen and oxygen atoms in total. The van der Waals surface area contributed by atoms with Gasteiger partial charge < -0.3 is 29.3 Å². The molecule has 4 N–H and O–H groups in total. The second-order valence-electron chi connectivity index (χ2n) is 10.9. The van der Waals surface area contributed by atoms with Crippen molar-refractivity contribution in [3.8, 4) is 11.5 Å². The second kappa shape index (κ2) is 16.2. The topological polar surface area (TPSA) is 172 Å². The molecule has 0 spiro atoms. The van der Waals surface area contributed by atoms with E-state index >= 15 is 0 Å². The van der Waals surface area contributed by atoms with Crippen molar-refractivity contribution >= 4 is 38.0 Å². The number of ether oxygens (including phenoxy) is 3. The number of aliphatic hydroxyl groups excluding tert-OH is 2. The summed E-state index contributed by atoms with van der Waals surface area (Å²) in [6, 6.07) is 13.7. The summed E-state index contributed by atoms with van der Waals surface area (Å²) in [4.78, 5) is 1.18. The molecule has 3 aromatic rings. The Labute approximate surface area is 275 Å². The number of nitrogens with one attached hydrogen (secondary N) is 1. The number of rotatable bonds is 18. The quantitative estimate of drug-likeness (QED) is 0.0889. The van der Waals surface area contributed by atoms with E-state index in [2.05, 4.69) is 16.2 Å². The zero-order chi connectivity index (χ0) is 34.2. The van der Waals surface area contributed by atoms with Crippen LogP contribution in [0.15, 0.2) is 64.4 Å². The fraction of sp³-hybridized carbons (Fsp3) is 0.394. The molecule has 256 valence electrons. The van der Waals surface area contributed by atoms with Crippen LogP contribution in [0, 0.1) is 0 Å². The molecule has 1 heterocycles. The molecule has 3 aromatic carbocycles. The van der Waals surface area contributed by atoms with Crippen LogP contribution in [0.25, 0.3) is 12.2 Å². The lowest BCUT2D eigenvalue weighted by Gasteiger charge is -2.26. The van der Waals surface area contributed by atoms with Gasteiger partial charge in [0.2, 0.25) is 10.0 Å². The van der Waals surface area contributed by atoms with Crippen LogP contribution >= 0.6 is 0 Å². The van der Waals surface area contributed by atoms with Gasteiger partial charge in [0.05, 0.1) is 31.3 Å². The van der Waals surface area contributed by atoms with Crippen molar-refractivity contribution in [3.63, 3.8) is 0 Å². The molecule has 1 aliphatic heterocycles. The van der Waals surface area contributed by atoms with Crippen LogP contribution in [0.1, 0.15) is 37.8 Å². The SMILES string of the molecule is C=c1ccc2c(c1)Oc1cc(N(CC)CC)ccc1C=2c1ccc(S(=O)(=O)NC(CCOCCO)CCOCCO)cc1S(=O)(=O)O. The van der Waals surface area contributed by atoms with E-state index in [9.17, 15) is 21.4 Å². The van der Waals surface area contributed by atoms with Crippen molar-refractivity contribution < 1.29 is 45.8 Å². The average Bonchev–Trinajstić information content (AvgIpc) is 3.03. The fourth-order valence-corrected chi connectivity index (χ4v) is 7.55. The summed E-state index contributed by atoms with van der Waals surface area (Å²) in [5.74, 6) is 0.905. The van der Waals surface area contributed by atoms with Gasteiger partial charge in [0.15, 0.2) is 0 Å². The minimum absolute atomic E-state index is 0.0860. The predicted molar refractivity (Wildman–Crippen MR) is 178 cm³/mol. The molecule has 0 unspecified atom stereocenters. The number of fused-ring (bicyclic) bond motifs is 2. The minimum Gasteiger partial charge on any atom is -0.456 e. The smallest absolute Gasteiger partial charge is 0.295 e. The fourth-order valence-electron chi connectivity index (χ4n) is 5.42. The summed E-state index contributed by atoms with van der Waals surface area (Å²) < 4.78 is 82.9. The van der Waals surface area contributed by atoms with Crippen molar-refractivity contribution in [2.24, 2.45) is 0 Å². The molecule has 0 aliphatic carbocycles. The molecule has 1 aliphatic rings. The molecule has 14 heteroatoms. The lowest BCUT2D eigenvalue weighted by Crippen LogP contribution is -2.37. The highest BCUT2D eigenvalue weighted by Crippen LogP contribution is 2.40. The highest BCUT2D eigenvalue weighted by molar-refractivity contribution is 7.89. The minimum atomic E-state index is -4.94. The number of sulfonamides is 1. The maximum absolute atomic E-state index is 13.6. The van der Waals surface area contributed by atoms with Crippen molar-refractivity contribution in [2.45, 2.75) is 42.5 Å². The van der Waals surface area contributed by atoms with Gasteiger partial charge in [-0.05, 0) is 62.2 Å². The van der Waals surface area contributed by atoms with Crippen LogP contribution in [0.2, 0.25) is 0 Å². The van der Waals surface area contributed by atoms with E-state index in [1.54, 1.807) is 18.2 Å². The van der Waals surface area contributed by atoms with Crippen molar-refractivity contribution in [1.82, 2.24) is 4.72 Å². The standard InChI is InChI=1S/C33H42N2O10S2/c1-4-35(5-2)25-7-10-28-31(21-25)45-30-20-23(3)6-9-27(30)33(28)29-11-8-26(22-32(29)47(40,41)42)46(38,39)34-24(12-16-43-18-14-36)13-17-44-19-15-37/h6-11,20-22,24,34,36-37H,3-5,12-19H2,1-2H3,(H,40,41,42). The third-order valence-electron chi connectivity index (χ3n) is 7.72. The van der Waals surface area contributed by atoms with Crippen LogP contribution in [0.5, 0.6) is 11.5 Å². The Hall–Kier alpha value is -3.34. The Balaban J connectivity index is 1.81. The molecule has 47 heavy (non-hydrogen) atoms. The van der Waals surface area contributed by atoms with Crippen LogP contribution in [0.4, 0.5) is 5.69 Å². The first-order valence-electron chi connectivity index (χ1n) is 15.4. The lowest BCUT2D eigenvalue weighted by molar-refractivity contribution is 0.0730. The van der Waals surface area contributed by atoms with Crippen molar-refractivity contribution in [3.05, 3.63) is 76.2 Å². The van der Waals surface area contributed by atoms with Crippen LogP contribution < -0.4 is 24.8 Å². The summed E-state index contributed by atoms with van der Waals surface area (Å²) in [6.45, 7) is 9.66. The first-order chi connectivity index (χ1) is 22.4. The molecule has 0 radical (unpaired) electrons. The van der Waals surface area contributed by atoms with Crippen LogP contribution in [-0.4, -0.2) is 90.4 Å². The molecule has 0 fully saturated rings. The van der Waals surface area contributed by atoms with Gasteiger partial charge in [-0.15, -0.1) is 0 Å². The monoisotopic (exact) mass is 690 g/mol. The maximum Gasteiger partial charge on any atom is 0.295 e. The zero-order valence-corrected chi connectivity index (χ0v) is 28.1. The molecule has 0 saturated carbocycles. The van der Waals surface area contributed by atoms with Crippen LogP contribution in [-0.2, 0) is 29.6 Å². The van der Waals surface area contributed by atoms with Gasteiger partial charge in [-0.2, -0.15) is 8.42 Å². The number of benzene rings is 3. The Morgan fingerprint density at radius 1 is 0.830 bits per heavy atom. The first-order valence-corrected chi connectivity index (χ1v) is 18.3. The van der Waals surface area contributed by atoms with E-state index in [1.165, 1.54) is 12.1 Å². The van der Waals surface area contributed by atoms with Gasteiger partial charge in [-0.25, -0.2) is 13.1 Å². The lowest BCUT2D eigenvalue weighted by atomic mass is 9.92. The van der Waals surface area contributed by atoms with Crippen molar-refractivity contribution in [2.75, 3.05) is 57.6 Å². The van der Waals surface area contributed by atoms with E-state index in [1.807, 2.05) is 32.0 Å². The summed E-state index contributed by atoms with van der Waals surface area (Å²) in [6.07, 6.45) is 0.473. The van der Waals surface area contributed by atoms with Gasteiger partial charge in [0.25, 0.3) is 10.1 Å². The van der Waals surface area contributed by atoms with Gasteiger partial charge in [-0.3, -0.25) is 4.55 Å². The summed E-state index contributed by atoms with van der Waals surface area (Å²) in [5.41, 5.74) is 2.01. The van der Waals surface area contributed by atoms with Gasteiger partial charge in [0, 0.05) is 66.0 Å². The van der Waals surface area contributed by atoms with E-state index in [-0.39, 0.29) is 62.9 Å². The Kier molecular flexibility index (Phi) is 12.6. The molecule has 0 amide bonds. The van der Waals surface area contributed by atoms with Crippen LogP contribution in [0.3, 0.4) is 0 Å². The number of anilines is 1. The van der Waals surface area contributed by atoms with Gasteiger partial charge in [-0.1, -0.05) is 24.8 Å². The third kappa shape index (κ3) is 8.97. The summed E-state index contributed by atoms with van der Waals surface area (Å²) >= 11 is 0. The second-order valence-corrected chi connectivity index (χ2v) is 14.0. The highest BCUT2D eigenvalue weighted by Gasteiger charge is 2.29. The van der Waals surface area contributed by atoms with Crippen molar-refractivity contribution in [1.29, 1.82) is 0 Å². The third-order valence-corrected chi connectivity index (χ3v) is 10.1. The number of hydrogen-bond donors (Lipinski definition) is 4. The number of hydrogen-bond acceptors (Lipinski definition) is 10. The van der Waals surface area contributed by atoms with Gasteiger partial charge >= 0.3 is 0 Å². The Morgan fingerprint density at radius 2 is 1.47 bits per heavy atom. The van der Waals surface area contributed by atoms with E-state index in [0.29, 0.717) is 33.1 Å². The summed E-state index contributed by atoms with van der Waals surface area (Å²) in [5, 5.41) is 19.2.